The average molecular weight is 278 g/mol. The molecule has 110 valence electrons. The maximum atomic E-state index is 12.1. The molecule has 1 aromatic rings. The number of amides is 1. The van der Waals surface area contributed by atoms with Gasteiger partial charge in [0.2, 0.25) is 5.91 Å². The summed E-state index contributed by atoms with van der Waals surface area (Å²) in [6.07, 6.45) is 0.679. The SMILES string of the molecule is CCC(C(=O)O)N(C)C(=O)CC(C)c1ccc(N)cc1. The predicted molar refractivity (Wildman–Crippen MR) is 78.4 cm³/mol. The lowest BCUT2D eigenvalue weighted by molar-refractivity contribution is -0.149. The summed E-state index contributed by atoms with van der Waals surface area (Å²) in [7, 11) is 1.54. The monoisotopic (exact) mass is 278 g/mol. The summed E-state index contributed by atoms with van der Waals surface area (Å²) in [5, 5.41) is 9.07. The van der Waals surface area contributed by atoms with E-state index in [0.29, 0.717) is 12.1 Å². The second-order valence-corrected chi connectivity index (χ2v) is 5.04. The van der Waals surface area contributed by atoms with Crippen LogP contribution in [0, 0.1) is 0 Å². The van der Waals surface area contributed by atoms with Crippen LogP contribution in [0.3, 0.4) is 0 Å². The van der Waals surface area contributed by atoms with Gasteiger partial charge < -0.3 is 15.7 Å². The highest BCUT2D eigenvalue weighted by atomic mass is 16.4. The Morgan fingerprint density at radius 1 is 1.30 bits per heavy atom. The van der Waals surface area contributed by atoms with Crippen LogP contribution in [0.15, 0.2) is 24.3 Å². The Hall–Kier alpha value is -2.04. The Bertz CT molecular complexity index is 471. The van der Waals surface area contributed by atoms with Crippen LogP contribution in [0.5, 0.6) is 0 Å². The van der Waals surface area contributed by atoms with E-state index >= 15 is 0 Å². The van der Waals surface area contributed by atoms with Crippen molar-refractivity contribution in [1.82, 2.24) is 4.90 Å². The minimum absolute atomic E-state index is 0.0249. The van der Waals surface area contributed by atoms with Crippen molar-refractivity contribution in [2.45, 2.75) is 38.6 Å². The molecule has 5 heteroatoms. The number of anilines is 1. The van der Waals surface area contributed by atoms with Crippen molar-refractivity contribution >= 4 is 17.6 Å². The molecule has 0 aliphatic rings. The van der Waals surface area contributed by atoms with Crippen molar-refractivity contribution < 1.29 is 14.7 Å². The highest BCUT2D eigenvalue weighted by Gasteiger charge is 2.25. The molecular weight excluding hydrogens is 256 g/mol. The van der Waals surface area contributed by atoms with E-state index in [-0.39, 0.29) is 18.2 Å². The molecule has 3 N–H and O–H groups in total. The zero-order valence-corrected chi connectivity index (χ0v) is 12.2. The first-order valence-electron chi connectivity index (χ1n) is 6.70. The van der Waals surface area contributed by atoms with Gasteiger partial charge in [0.05, 0.1) is 0 Å². The van der Waals surface area contributed by atoms with Crippen LogP contribution in [0.4, 0.5) is 5.69 Å². The number of carboxylic acid groups (broad SMARTS) is 1. The van der Waals surface area contributed by atoms with Crippen molar-refractivity contribution in [3.05, 3.63) is 29.8 Å². The van der Waals surface area contributed by atoms with Gasteiger partial charge in [-0.3, -0.25) is 4.79 Å². The molecule has 1 rings (SSSR count). The molecule has 1 amide bonds. The number of nitrogens with two attached hydrogens (primary N) is 1. The molecular formula is C15H22N2O3. The normalized spacial score (nSPS) is 13.6. The Kier molecular flexibility index (Phi) is 5.55. The number of hydrogen-bond acceptors (Lipinski definition) is 3. The summed E-state index contributed by atoms with van der Waals surface area (Å²) in [6, 6.07) is 6.61. The third-order valence-corrected chi connectivity index (χ3v) is 3.52. The first kappa shape index (κ1) is 16.0. The number of carbonyl (C=O) groups is 2. The summed E-state index contributed by atoms with van der Waals surface area (Å²) in [5.74, 6) is -1.11. The van der Waals surface area contributed by atoms with E-state index in [9.17, 15) is 9.59 Å². The minimum Gasteiger partial charge on any atom is -0.480 e. The Morgan fingerprint density at radius 3 is 2.30 bits per heavy atom. The number of nitrogens with zero attached hydrogens (tertiary/aromatic N) is 1. The van der Waals surface area contributed by atoms with Crippen LogP contribution in [0.25, 0.3) is 0 Å². The van der Waals surface area contributed by atoms with E-state index in [4.69, 9.17) is 10.8 Å². The van der Waals surface area contributed by atoms with Crippen molar-refractivity contribution in [2.75, 3.05) is 12.8 Å². The van der Waals surface area contributed by atoms with E-state index in [1.54, 1.807) is 26.1 Å². The van der Waals surface area contributed by atoms with Gasteiger partial charge in [0.25, 0.3) is 0 Å². The third-order valence-electron chi connectivity index (χ3n) is 3.52. The number of carbonyl (C=O) groups excluding carboxylic acids is 1. The molecule has 0 spiro atoms. The smallest absolute Gasteiger partial charge is 0.326 e. The molecule has 0 aromatic heterocycles. The number of nitrogen functional groups attached to an aromatic ring is 1. The van der Waals surface area contributed by atoms with Gasteiger partial charge in [0, 0.05) is 19.2 Å². The zero-order chi connectivity index (χ0) is 15.3. The van der Waals surface area contributed by atoms with Gasteiger partial charge in [0.1, 0.15) is 6.04 Å². The largest absolute Gasteiger partial charge is 0.480 e. The van der Waals surface area contributed by atoms with Gasteiger partial charge in [-0.2, -0.15) is 0 Å². The highest BCUT2D eigenvalue weighted by molar-refractivity contribution is 5.83. The molecule has 20 heavy (non-hydrogen) atoms. The number of carboxylic acids is 1. The van der Waals surface area contributed by atoms with Crippen LogP contribution in [-0.2, 0) is 9.59 Å². The first-order valence-corrected chi connectivity index (χ1v) is 6.70. The molecule has 0 fully saturated rings. The van der Waals surface area contributed by atoms with Gasteiger partial charge in [-0.15, -0.1) is 0 Å². The molecule has 0 bridgehead atoms. The number of benzene rings is 1. The standard InChI is InChI=1S/C15H22N2O3/c1-4-13(15(19)20)17(3)14(18)9-10(2)11-5-7-12(16)8-6-11/h5-8,10,13H,4,9,16H2,1-3H3,(H,19,20). The third kappa shape index (κ3) is 3.98. The van der Waals surface area contributed by atoms with Crippen molar-refractivity contribution in [3.63, 3.8) is 0 Å². The first-order chi connectivity index (χ1) is 9.36. The van der Waals surface area contributed by atoms with E-state index in [1.165, 1.54) is 4.90 Å². The van der Waals surface area contributed by atoms with Gasteiger partial charge in [0.15, 0.2) is 0 Å². The summed E-state index contributed by atoms with van der Waals surface area (Å²) in [6.45, 7) is 3.70. The lowest BCUT2D eigenvalue weighted by Gasteiger charge is -2.25. The molecule has 0 heterocycles. The number of likely N-dealkylation sites (N-methyl/N-ethyl adjacent to an activating group) is 1. The summed E-state index contributed by atoms with van der Waals surface area (Å²) in [5.41, 5.74) is 7.33. The molecule has 0 saturated heterocycles. The van der Waals surface area contributed by atoms with Crippen molar-refractivity contribution in [2.24, 2.45) is 0 Å². The average Bonchev–Trinajstić information content (AvgIpc) is 2.39. The number of rotatable bonds is 6. The summed E-state index contributed by atoms with van der Waals surface area (Å²) >= 11 is 0. The molecule has 5 nitrogen and oxygen atoms in total. The molecule has 1 aromatic carbocycles. The van der Waals surface area contributed by atoms with E-state index in [1.807, 2.05) is 19.1 Å². The summed E-state index contributed by atoms with van der Waals surface area (Å²) < 4.78 is 0. The second-order valence-electron chi connectivity index (χ2n) is 5.04. The number of aliphatic carboxylic acids is 1. The lowest BCUT2D eigenvalue weighted by atomic mass is 9.96. The van der Waals surface area contributed by atoms with Gasteiger partial charge in [-0.1, -0.05) is 26.0 Å². The van der Waals surface area contributed by atoms with Crippen molar-refractivity contribution in [1.29, 1.82) is 0 Å². The fraction of sp³-hybridized carbons (Fsp3) is 0.467. The van der Waals surface area contributed by atoms with E-state index in [2.05, 4.69) is 0 Å². The van der Waals surface area contributed by atoms with E-state index in [0.717, 1.165) is 5.56 Å². The maximum absolute atomic E-state index is 12.1. The van der Waals surface area contributed by atoms with E-state index < -0.39 is 12.0 Å². The number of hydrogen-bond donors (Lipinski definition) is 2. The quantitative estimate of drug-likeness (QED) is 0.780. The van der Waals surface area contributed by atoms with Crippen LogP contribution < -0.4 is 5.73 Å². The fourth-order valence-electron chi connectivity index (χ4n) is 2.14. The van der Waals surface area contributed by atoms with Crippen molar-refractivity contribution in [3.8, 4) is 0 Å². The van der Waals surface area contributed by atoms with Crippen LogP contribution >= 0.6 is 0 Å². The van der Waals surface area contributed by atoms with Gasteiger partial charge >= 0.3 is 5.97 Å². The molecule has 0 aliphatic carbocycles. The van der Waals surface area contributed by atoms with Gasteiger partial charge in [-0.25, -0.2) is 4.79 Å². The Morgan fingerprint density at radius 2 is 1.85 bits per heavy atom. The van der Waals surface area contributed by atoms with Crippen LogP contribution in [-0.4, -0.2) is 35.0 Å². The zero-order valence-electron chi connectivity index (χ0n) is 12.2. The molecule has 0 saturated carbocycles. The summed E-state index contributed by atoms with van der Waals surface area (Å²) in [4.78, 5) is 24.5. The topological polar surface area (TPSA) is 83.6 Å². The maximum Gasteiger partial charge on any atom is 0.326 e. The molecule has 2 unspecified atom stereocenters. The molecule has 0 radical (unpaired) electrons. The Labute approximate surface area is 119 Å². The molecule has 0 aliphatic heterocycles. The highest BCUT2D eigenvalue weighted by Crippen LogP contribution is 2.21. The predicted octanol–water partition coefficient (Wildman–Crippen LogP) is 2.08. The minimum atomic E-state index is -0.969. The Balaban J connectivity index is 2.69. The fourth-order valence-corrected chi connectivity index (χ4v) is 2.14. The molecule has 2 atom stereocenters. The second kappa shape index (κ2) is 6.93. The van der Waals surface area contributed by atoms with Crippen LogP contribution in [0.1, 0.15) is 38.2 Å². The van der Waals surface area contributed by atoms with Crippen LogP contribution in [0.2, 0.25) is 0 Å². The van der Waals surface area contributed by atoms with Gasteiger partial charge in [-0.05, 0) is 30.0 Å². The lowest BCUT2D eigenvalue weighted by Crippen LogP contribution is -2.42.